The molecule has 1 saturated heterocycles. The molecular formula is C15H21NO3. The third-order valence-corrected chi connectivity index (χ3v) is 3.71. The summed E-state index contributed by atoms with van der Waals surface area (Å²) in [4.78, 5) is 11.2. The molecule has 1 aliphatic heterocycles. The van der Waals surface area contributed by atoms with Gasteiger partial charge in [-0.3, -0.25) is 0 Å². The van der Waals surface area contributed by atoms with E-state index in [9.17, 15) is 9.90 Å². The van der Waals surface area contributed by atoms with E-state index in [0.29, 0.717) is 23.3 Å². The van der Waals surface area contributed by atoms with Crippen molar-refractivity contribution in [1.82, 2.24) is 0 Å². The van der Waals surface area contributed by atoms with Gasteiger partial charge in [-0.25, -0.2) is 4.79 Å². The summed E-state index contributed by atoms with van der Waals surface area (Å²) >= 11 is 0. The summed E-state index contributed by atoms with van der Waals surface area (Å²) in [7, 11) is 0. The molecular weight excluding hydrogens is 242 g/mol. The van der Waals surface area contributed by atoms with E-state index in [1.54, 1.807) is 6.07 Å². The monoisotopic (exact) mass is 263 g/mol. The lowest BCUT2D eigenvalue weighted by molar-refractivity contribution is 0.0698. The van der Waals surface area contributed by atoms with Crippen LogP contribution in [0.15, 0.2) is 18.2 Å². The van der Waals surface area contributed by atoms with Crippen molar-refractivity contribution < 1.29 is 14.6 Å². The van der Waals surface area contributed by atoms with Crippen LogP contribution in [0.5, 0.6) is 0 Å². The van der Waals surface area contributed by atoms with Gasteiger partial charge in [0.1, 0.15) is 0 Å². The van der Waals surface area contributed by atoms with Gasteiger partial charge in [0.05, 0.1) is 11.7 Å². The van der Waals surface area contributed by atoms with E-state index < -0.39 is 5.97 Å². The largest absolute Gasteiger partial charge is 0.478 e. The molecule has 104 valence electrons. The molecule has 1 fully saturated rings. The summed E-state index contributed by atoms with van der Waals surface area (Å²) in [6, 6.07) is 5.37. The number of rotatable bonds is 5. The molecule has 19 heavy (non-hydrogen) atoms. The molecule has 2 N–H and O–H groups in total. The molecule has 2 atom stereocenters. The van der Waals surface area contributed by atoms with E-state index in [4.69, 9.17) is 4.74 Å². The van der Waals surface area contributed by atoms with Crippen LogP contribution in [0.1, 0.15) is 35.7 Å². The molecule has 1 aromatic carbocycles. The Kier molecular flexibility index (Phi) is 4.43. The highest BCUT2D eigenvalue weighted by Gasteiger charge is 2.26. The summed E-state index contributed by atoms with van der Waals surface area (Å²) in [6.07, 6.45) is 2.34. The quantitative estimate of drug-likeness (QED) is 0.857. The molecule has 0 bridgehead atoms. The fourth-order valence-electron chi connectivity index (χ4n) is 2.61. The number of ether oxygens (including phenoxy) is 1. The van der Waals surface area contributed by atoms with Crippen LogP contribution < -0.4 is 5.32 Å². The highest BCUT2D eigenvalue weighted by Crippen LogP contribution is 2.25. The van der Waals surface area contributed by atoms with Crippen molar-refractivity contribution in [2.75, 3.05) is 18.5 Å². The molecule has 0 aromatic heterocycles. The Hall–Kier alpha value is -1.55. The number of hydrogen-bond donors (Lipinski definition) is 2. The Bertz CT molecular complexity index is 459. The van der Waals surface area contributed by atoms with Crippen molar-refractivity contribution >= 4 is 11.7 Å². The summed E-state index contributed by atoms with van der Waals surface area (Å²) in [5.74, 6) is -0.427. The average Bonchev–Trinajstić information content (AvgIpc) is 2.83. The molecule has 0 amide bonds. The summed E-state index contributed by atoms with van der Waals surface area (Å²) < 4.78 is 5.65. The molecule has 0 spiro atoms. The van der Waals surface area contributed by atoms with Gasteiger partial charge in [-0.2, -0.15) is 0 Å². The molecule has 1 heterocycles. The number of aromatic carboxylic acids is 1. The van der Waals surface area contributed by atoms with E-state index in [1.807, 2.05) is 19.1 Å². The van der Waals surface area contributed by atoms with Crippen LogP contribution in [0.2, 0.25) is 0 Å². The lowest BCUT2D eigenvalue weighted by atomic mass is 9.99. The van der Waals surface area contributed by atoms with Crippen molar-refractivity contribution in [3.63, 3.8) is 0 Å². The van der Waals surface area contributed by atoms with Gasteiger partial charge in [0.25, 0.3) is 0 Å². The third-order valence-electron chi connectivity index (χ3n) is 3.71. The predicted molar refractivity (Wildman–Crippen MR) is 74.8 cm³/mol. The second-order valence-electron chi connectivity index (χ2n) is 5.10. The van der Waals surface area contributed by atoms with Crippen LogP contribution in [-0.2, 0) is 4.74 Å². The normalized spacial score (nSPS) is 22.4. The Morgan fingerprint density at radius 3 is 3.00 bits per heavy atom. The SMILES string of the molecule is CCC1OCCC1CNc1cc(C)ccc1C(=O)O. The zero-order valence-electron chi connectivity index (χ0n) is 11.5. The summed E-state index contributed by atoms with van der Waals surface area (Å²) in [5, 5.41) is 12.5. The standard InChI is InChI=1S/C15H21NO3/c1-3-14-11(6-7-19-14)9-16-13-8-10(2)4-5-12(13)15(17)18/h4-5,8,11,14,16H,3,6-7,9H2,1-2H3,(H,17,18). The van der Waals surface area contributed by atoms with Gasteiger partial charge in [0.2, 0.25) is 0 Å². The number of nitrogens with one attached hydrogen (secondary N) is 1. The van der Waals surface area contributed by atoms with Crippen molar-refractivity contribution in [2.45, 2.75) is 32.8 Å². The van der Waals surface area contributed by atoms with Crippen LogP contribution in [0.3, 0.4) is 0 Å². The van der Waals surface area contributed by atoms with E-state index in [0.717, 1.165) is 31.6 Å². The van der Waals surface area contributed by atoms with Gasteiger partial charge < -0.3 is 15.2 Å². The highest BCUT2D eigenvalue weighted by atomic mass is 16.5. The Morgan fingerprint density at radius 2 is 2.32 bits per heavy atom. The lowest BCUT2D eigenvalue weighted by Crippen LogP contribution is -2.23. The smallest absolute Gasteiger partial charge is 0.337 e. The summed E-state index contributed by atoms with van der Waals surface area (Å²) in [6.45, 7) is 5.66. The van der Waals surface area contributed by atoms with Crippen LogP contribution in [-0.4, -0.2) is 30.3 Å². The molecule has 0 radical (unpaired) electrons. The maximum absolute atomic E-state index is 11.2. The fraction of sp³-hybridized carbons (Fsp3) is 0.533. The topological polar surface area (TPSA) is 58.6 Å². The number of carboxylic acids is 1. The number of carbonyl (C=O) groups is 1. The molecule has 4 heteroatoms. The van der Waals surface area contributed by atoms with Crippen LogP contribution in [0.4, 0.5) is 5.69 Å². The minimum Gasteiger partial charge on any atom is -0.478 e. The van der Waals surface area contributed by atoms with Crippen molar-refractivity contribution in [3.05, 3.63) is 29.3 Å². The van der Waals surface area contributed by atoms with Crippen LogP contribution in [0.25, 0.3) is 0 Å². The van der Waals surface area contributed by atoms with Gasteiger partial charge in [-0.1, -0.05) is 13.0 Å². The maximum Gasteiger partial charge on any atom is 0.337 e. The van der Waals surface area contributed by atoms with Gasteiger partial charge in [0, 0.05) is 24.8 Å². The zero-order chi connectivity index (χ0) is 13.8. The van der Waals surface area contributed by atoms with Crippen LogP contribution >= 0.6 is 0 Å². The second-order valence-corrected chi connectivity index (χ2v) is 5.10. The average molecular weight is 263 g/mol. The Labute approximate surface area is 113 Å². The minimum atomic E-state index is -0.891. The first-order valence-electron chi connectivity index (χ1n) is 6.81. The molecule has 0 aliphatic carbocycles. The maximum atomic E-state index is 11.2. The highest BCUT2D eigenvalue weighted by molar-refractivity contribution is 5.94. The Morgan fingerprint density at radius 1 is 1.53 bits per heavy atom. The van der Waals surface area contributed by atoms with Crippen molar-refractivity contribution in [3.8, 4) is 0 Å². The van der Waals surface area contributed by atoms with E-state index in [-0.39, 0.29) is 0 Å². The minimum absolute atomic E-state index is 0.297. The van der Waals surface area contributed by atoms with Crippen LogP contribution in [0, 0.1) is 12.8 Å². The predicted octanol–water partition coefficient (Wildman–Crippen LogP) is 2.92. The van der Waals surface area contributed by atoms with Gasteiger partial charge >= 0.3 is 5.97 Å². The molecule has 1 aromatic rings. The third kappa shape index (κ3) is 3.26. The number of carboxylic acid groups (broad SMARTS) is 1. The number of benzene rings is 1. The van der Waals surface area contributed by atoms with Gasteiger partial charge in [-0.15, -0.1) is 0 Å². The van der Waals surface area contributed by atoms with E-state index >= 15 is 0 Å². The number of hydrogen-bond acceptors (Lipinski definition) is 3. The zero-order valence-corrected chi connectivity index (χ0v) is 11.5. The number of anilines is 1. The van der Waals surface area contributed by atoms with E-state index in [1.165, 1.54) is 0 Å². The molecule has 0 saturated carbocycles. The number of aryl methyl sites for hydroxylation is 1. The van der Waals surface area contributed by atoms with E-state index in [2.05, 4.69) is 12.2 Å². The second kappa shape index (κ2) is 6.06. The Balaban J connectivity index is 2.06. The molecule has 4 nitrogen and oxygen atoms in total. The summed E-state index contributed by atoms with van der Waals surface area (Å²) in [5.41, 5.74) is 2.09. The van der Waals surface area contributed by atoms with Gasteiger partial charge in [0.15, 0.2) is 0 Å². The fourth-order valence-corrected chi connectivity index (χ4v) is 2.61. The molecule has 2 unspecified atom stereocenters. The lowest BCUT2D eigenvalue weighted by Gasteiger charge is -2.19. The first-order valence-corrected chi connectivity index (χ1v) is 6.81. The van der Waals surface area contributed by atoms with Crippen molar-refractivity contribution in [2.24, 2.45) is 5.92 Å². The van der Waals surface area contributed by atoms with Crippen molar-refractivity contribution in [1.29, 1.82) is 0 Å². The molecule has 2 rings (SSSR count). The first-order chi connectivity index (χ1) is 9.11. The molecule has 1 aliphatic rings. The first kappa shape index (κ1) is 13.9. The van der Waals surface area contributed by atoms with Gasteiger partial charge in [-0.05, 0) is 37.5 Å².